The van der Waals surface area contributed by atoms with Crippen LogP contribution in [-0.2, 0) is 11.1 Å². The Morgan fingerprint density at radius 2 is 2.04 bits per heavy atom. The number of methoxy groups -OCH3 is 1. The van der Waals surface area contributed by atoms with Crippen LogP contribution < -0.4 is 10.1 Å². The summed E-state index contributed by atoms with van der Waals surface area (Å²) >= 11 is -2.48. The number of anilines is 1. The van der Waals surface area contributed by atoms with E-state index in [2.05, 4.69) is 21.9 Å². The summed E-state index contributed by atoms with van der Waals surface area (Å²) < 4.78 is 33.1. The molecule has 0 aliphatic rings. The quantitative estimate of drug-likeness (QED) is 0.677. The molecule has 0 saturated heterocycles. The highest BCUT2D eigenvalue weighted by Gasteiger charge is 2.12. The summed E-state index contributed by atoms with van der Waals surface area (Å²) in [6, 6.07) is 10.9. The summed E-state index contributed by atoms with van der Waals surface area (Å²) in [5.41, 5.74) is 1.69. The van der Waals surface area contributed by atoms with Crippen molar-refractivity contribution in [2.45, 2.75) is 4.90 Å². The Morgan fingerprint density at radius 3 is 2.72 bits per heavy atom. The van der Waals surface area contributed by atoms with Gasteiger partial charge in [0.15, 0.2) is 5.76 Å². The van der Waals surface area contributed by atoms with Crippen LogP contribution in [0.15, 0.2) is 64.7 Å². The number of pyridine rings is 1. The lowest BCUT2D eigenvalue weighted by atomic mass is 10.2. The van der Waals surface area contributed by atoms with Crippen molar-refractivity contribution in [3.05, 3.63) is 61.3 Å². The molecule has 1 aromatic carbocycles. The SMILES string of the molecule is C=C(Nc1cnc(OC)c(S(=O)[O-])c1)c1ncc(-c2ccccc2)o1. The van der Waals surface area contributed by atoms with Gasteiger partial charge in [0.2, 0.25) is 11.8 Å². The Bertz CT molecular complexity index is 925. The van der Waals surface area contributed by atoms with Crippen LogP contribution in [0, 0.1) is 0 Å². The van der Waals surface area contributed by atoms with Gasteiger partial charge in [-0.25, -0.2) is 9.97 Å². The van der Waals surface area contributed by atoms with Gasteiger partial charge in [-0.2, -0.15) is 0 Å². The van der Waals surface area contributed by atoms with E-state index in [-0.39, 0.29) is 10.8 Å². The van der Waals surface area contributed by atoms with Gasteiger partial charge < -0.3 is 19.0 Å². The summed E-state index contributed by atoms with van der Waals surface area (Å²) in [5.74, 6) is 0.916. The number of hydrogen-bond donors (Lipinski definition) is 1. The maximum absolute atomic E-state index is 11.2. The molecule has 0 aliphatic heterocycles. The zero-order chi connectivity index (χ0) is 17.8. The predicted octanol–water partition coefficient (Wildman–Crippen LogP) is 3.07. The third-order valence-corrected chi connectivity index (χ3v) is 3.96. The number of aromatic nitrogens is 2. The number of nitrogens with zero attached hydrogens (tertiary/aromatic N) is 2. The van der Waals surface area contributed by atoms with Crippen molar-refractivity contribution in [3.63, 3.8) is 0 Å². The van der Waals surface area contributed by atoms with Crippen LogP contribution in [-0.4, -0.2) is 25.8 Å². The molecular formula is C17H14N3O4S-. The molecule has 0 bridgehead atoms. The topological polar surface area (TPSA) is 100 Å². The third-order valence-electron chi connectivity index (χ3n) is 3.31. The monoisotopic (exact) mass is 356 g/mol. The van der Waals surface area contributed by atoms with Gasteiger partial charge in [0.05, 0.1) is 35.8 Å². The van der Waals surface area contributed by atoms with Gasteiger partial charge in [-0.1, -0.05) is 36.9 Å². The molecule has 0 radical (unpaired) electrons. The van der Waals surface area contributed by atoms with Crippen LogP contribution in [0.3, 0.4) is 0 Å². The van der Waals surface area contributed by atoms with E-state index in [1.807, 2.05) is 30.3 Å². The van der Waals surface area contributed by atoms with Crippen LogP contribution in [0.4, 0.5) is 5.69 Å². The maximum Gasteiger partial charge on any atom is 0.242 e. The molecule has 3 aromatic rings. The first kappa shape index (κ1) is 16.9. The van der Waals surface area contributed by atoms with Gasteiger partial charge >= 0.3 is 0 Å². The standard InChI is InChI=1S/C17H15N3O4S/c1-11(16-19-10-14(24-16)12-6-4-3-5-7-12)20-13-8-15(25(21)22)17(23-2)18-9-13/h3-10,20H,1H2,2H3,(H,21,22)/p-1. The van der Waals surface area contributed by atoms with Crippen molar-refractivity contribution in [3.8, 4) is 17.2 Å². The fraction of sp³-hybridized carbons (Fsp3) is 0.0588. The lowest BCUT2D eigenvalue weighted by molar-refractivity contribution is 0.384. The summed E-state index contributed by atoms with van der Waals surface area (Å²) in [6.45, 7) is 3.86. The van der Waals surface area contributed by atoms with Gasteiger partial charge in [-0.15, -0.1) is 0 Å². The molecule has 1 atom stereocenters. The van der Waals surface area contributed by atoms with Gasteiger partial charge in [0.25, 0.3) is 0 Å². The molecular weight excluding hydrogens is 342 g/mol. The van der Waals surface area contributed by atoms with E-state index in [0.717, 1.165) is 5.56 Å². The molecule has 0 saturated carbocycles. The lowest BCUT2D eigenvalue weighted by Crippen LogP contribution is -2.02. The van der Waals surface area contributed by atoms with Gasteiger partial charge in [0.1, 0.15) is 0 Å². The van der Waals surface area contributed by atoms with E-state index in [4.69, 9.17) is 9.15 Å². The molecule has 8 heteroatoms. The van der Waals surface area contributed by atoms with Crippen LogP contribution in [0.5, 0.6) is 5.88 Å². The smallest absolute Gasteiger partial charge is 0.242 e. The fourth-order valence-corrected chi connectivity index (χ4v) is 2.65. The van der Waals surface area contributed by atoms with E-state index in [1.165, 1.54) is 19.4 Å². The average molecular weight is 356 g/mol. The molecule has 3 rings (SSSR count). The Morgan fingerprint density at radius 1 is 1.28 bits per heavy atom. The first-order chi connectivity index (χ1) is 12.1. The summed E-state index contributed by atoms with van der Waals surface area (Å²) in [4.78, 5) is 8.07. The van der Waals surface area contributed by atoms with E-state index < -0.39 is 11.1 Å². The molecule has 7 nitrogen and oxygen atoms in total. The number of hydrogen-bond acceptors (Lipinski definition) is 7. The number of benzene rings is 1. The summed E-state index contributed by atoms with van der Waals surface area (Å²) in [5, 5.41) is 2.93. The highest BCUT2D eigenvalue weighted by molar-refractivity contribution is 7.79. The molecule has 1 unspecified atom stereocenters. The van der Waals surface area contributed by atoms with E-state index in [9.17, 15) is 8.76 Å². The first-order valence-electron chi connectivity index (χ1n) is 7.19. The molecule has 2 aromatic heterocycles. The minimum absolute atomic E-state index is 0.0204. The van der Waals surface area contributed by atoms with Crippen molar-refractivity contribution in [1.82, 2.24) is 9.97 Å². The van der Waals surface area contributed by atoms with Gasteiger partial charge in [-0.3, -0.25) is 4.21 Å². The molecule has 0 spiro atoms. The number of nitrogens with one attached hydrogen (secondary N) is 1. The van der Waals surface area contributed by atoms with Crippen molar-refractivity contribution >= 4 is 22.5 Å². The van der Waals surface area contributed by atoms with Crippen LogP contribution in [0.2, 0.25) is 0 Å². The second-order valence-electron chi connectivity index (χ2n) is 4.97. The minimum Gasteiger partial charge on any atom is -0.768 e. The molecule has 2 heterocycles. The average Bonchev–Trinajstić information content (AvgIpc) is 3.12. The molecule has 25 heavy (non-hydrogen) atoms. The Balaban J connectivity index is 1.80. The molecule has 0 fully saturated rings. The second kappa shape index (κ2) is 7.29. The predicted molar refractivity (Wildman–Crippen MR) is 92.6 cm³/mol. The van der Waals surface area contributed by atoms with E-state index in [1.54, 1.807) is 6.20 Å². The van der Waals surface area contributed by atoms with Crippen molar-refractivity contribution in [2.75, 3.05) is 12.4 Å². The second-order valence-corrected chi connectivity index (χ2v) is 5.87. The molecule has 0 amide bonds. The van der Waals surface area contributed by atoms with Crippen molar-refractivity contribution in [2.24, 2.45) is 0 Å². The fourth-order valence-electron chi connectivity index (χ4n) is 2.15. The first-order valence-corrected chi connectivity index (χ1v) is 8.27. The Hall–Kier alpha value is -2.97. The van der Waals surface area contributed by atoms with Gasteiger partial charge in [-0.05, 0) is 17.1 Å². The van der Waals surface area contributed by atoms with Crippen LogP contribution >= 0.6 is 0 Å². The summed E-state index contributed by atoms with van der Waals surface area (Å²) in [6.07, 6.45) is 3.03. The zero-order valence-corrected chi connectivity index (χ0v) is 14.1. The van der Waals surface area contributed by atoms with Gasteiger partial charge in [0, 0.05) is 5.56 Å². The minimum atomic E-state index is -2.48. The maximum atomic E-state index is 11.2. The van der Waals surface area contributed by atoms with Crippen LogP contribution in [0.1, 0.15) is 5.89 Å². The van der Waals surface area contributed by atoms with E-state index >= 15 is 0 Å². The number of oxazole rings is 1. The zero-order valence-electron chi connectivity index (χ0n) is 13.3. The third kappa shape index (κ3) is 3.76. The van der Waals surface area contributed by atoms with Crippen molar-refractivity contribution < 1.29 is 17.9 Å². The lowest BCUT2D eigenvalue weighted by Gasteiger charge is -2.12. The van der Waals surface area contributed by atoms with E-state index in [0.29, 0.717) is 23.0 Å². The Labute approximate surface area is 146 Å². The van der Waals surface area contributed by atoms with Crippen molar-refractivity contribution in [1.29, 1.82) is 0 Å². The molecule has 1 N–H and O–H groups in total. The normalized spacial score (nSPS) is 11.8. The van der Waals surface area contributed by atoms with Crippen LogP contribution in [0.25, 0.3) is 17.0 Å². The highest BCUT2D eigenvalue weighted by Crippen LogP contribution is 2.26. The molecule has 0 aliphatic carbocycles. The number of ether oxygens (including phenoxy) is 1. The number of rotatable bonds is 6. The highest BCUT2D eigenvalue weighted by atomic mass is 32.2. The summed E-state index contributed by atoms with van der Waals surface area (Å²) in [7, 11) is 1.35. The Kier molecular flexibility index (Phi) is 4.92. The molecule has 128 valence electrons. The largest absolute Gasteiger partial charge is 0.768 e.